The number of ether oxygens (including phenoxy) is 1. The molecule has 1 aliphatic rings. The monoisotopic (exact) mass is 293 g/mol. The number of rotatable bonds is 5. The third kappa shape index (κ3) is 3.49. The van der Waals surface area contributed by atoms with Crippen molar-refractivity contribution in [1.82, 2.24) is 5.32 Å². The predicted molar refractivity (Wildman–Crippen MR) is 78.5 cm³/mol. The van der Waals surface area contributed by atoms with E-state index in [-0.39, 0.29) is 29.3 Å². The average molecular weight is 293 g/mol. The number of nitro groups is 1. The first kappa shape index (κ1) is 15.2. The molecule has 2 unspecified atom stereocenters. The molecule has 1 fully saturated rings. The fourth-order valence-corrected chi connectivity index (χ4v) is 2.35. The first-order valence-electron chi connectivity index (χ1n) is 6.97. The Kier molecular flexibility index (Phi) is 4.74. The van der Waals surface area contributed by atoms with Crippen LogP contribution in [-0.2, 0) is 4.74 Å². The van der Waals surface area contributed by atoms with E-state index >= 15 is 0 Å². The molecule has 21 heavy (non-hydrogen) atoms. The van der Waals surface area contributed by atoms with E-state index in [2.05, 4.69) is 10.6 Å². The molecule has 2 rings (SSSR count). The fourth-order valence-electron chi connectivity index (χ4n) is 2.35. The Morgan fingerprint density at radius 3 is 2.86 bits per heavy atom. The number of hydrogen-bond donors (Lipinski definition) is 2. The molecule has 1 heterocycles. The van der Waals surface area contributed by atoms with E-state index in [9.17, 15) is 14.9 Å². The van der Waals surface area contributed by atoms with Gasteiger partial charge in [-0.3, -0.25) is 14.9 Å². The number of nitrogens with one attached hydrogen (secondary N) is 2. The van der Waals surface area contributed by atoms with Crippen LogP contribution >= 0.6 is 0 Å². The van der Waals surface area contributed by atoms with Crippen LogP contribution in [-0.4, -0.2) is 36.1 Å². The van der Waals surface area contributed by atoms with Crippen molar-refractivity contribution in [3.05, 3.63) is 33.9 Å². The number of nitro benzene ring substituents is 1. The molecule has 7 heteroatoms. The SMILES string of the molecule is CCNc1ccc([N+](=O)[O-])cc1C(=O)NC1CCOC1C. The Labute approximate surface area is 122 Å². The molecule has 2 N–H and O–H groups in total. The van der Waals surface area contributed by atoms with Crippen LogP contribution in [0.25, 0.3) is 0 Å². The zero-order chi connectivity index (χ0) is 15.4. The van der Waals surface area contributed by atoms with Gasteiger partial charge in [0.05, 0.1) is 22.6 Å². The van der Waals surface area contributed by atoms with Crippen LogP contribution in [0.2, 0.25) is 0 Å². The minimum Gasteiger partial charge on any atom is -0.385 e. The van der Waals surface area contributed by atoms with Crippen LogP contribution in [0.4, 0.5) is 11.4 Å². The topological polar surface area (TPSA) is 93.5 Å². The van der Waals surface area contributed by atoms with Crippen molar-refractivity contribution in [1.29, 1.82) is 0 Å². The molecule has 1 aliphatic heterocycles. The second-order valence-corrected chi connectivity index (χ2v) is 4.96. The molecule has 1 saturated heterocycles. The van der Waals surface area contributed by atoms with Gasteiger partial charge >= 0.3 is 0 Å². The summed E-state index contributed by atoms with van der Waals surface area (Å²) in [5.41, 5.74) is 0.773. The second-order valence-electron chi connectivity index (χ2n) is 4.96. The highest BCUT2D eigenvalue weighted by Crippen LogP contribution is 2.23. The molecule has 2 atom stereocenters. The maximum Gasteiger partial charge on any atom is 0.270 e. The summed E-state index contributed by atoms with van der Waals surface area (Å²) in [6, 6.07) is 4.18. The smallest absolute Gasteiger partial charge is 0.270 e. The van der Waals surface area contributed by atoms with E-state index in [4.69, 9.17) is 4.74 Å². The van der Waals surface area contributed by atoms with Crippen LogP contribution in [0.5, 0.6) is 0 Å². The molecule has 1 amide bonds. The minimum atomic E-state index is -0.506. The van der Waals surface area contributed by atoms with Crippen molar-refractivity contribution in [3.63, 3.8) is 0 Å². The zero-order valence-electron chi connectivity index (χ0n) is 12.1. The Balaban J connectivity index is 2.24. The molecular formula is C14H19N3O4. The van der Waals surface area contributed by atoms with Crippen molar-refractivity contribution in [2.45, 2.75) is 32.4 Å². The van der Waals surface area contributed by atoms with Gasteiger partial charge in [0.1, 0.15) is 0 Å². The molecule has 114 valence electrons. The number of amides is 1. The van der Waals surface area contributed by atoms with E-state index in [1.807, 2.05) is 13.8 Å². The summed E-state index contributed by atoms with van der Waals surface area (Å²) < 4.78 is 5.40. The Morgan fingerprint density at radius 1 is 1.52 bits per heavy atom. The second kappa shape index (κ2) is 6.53. The van der Waals surface area contributed by atoms with E-state index in [1.54, 1.807) is 6.07 Å². The zero-order valence-corrected chi connectivity index (χ0v) is 12.1. The number of carbonyl (C=O) groups excluding carboxylic acids is 1. The predicted octanol–water partition coefficient (Wildman–Crippen LogP) is 1.93. The van der Waals surface area contributed by atoms with Crippen LogP contribution in [0, 0.1) is 10.1 Å². The summed E-state index contributed by atoms with van der Waals surface area (Å²) in [6.45, 7) is 5.04. The molecule has 0 saturated carbocycles. The van der Waals surface area contributed by atoms with Crippen LogP contribution in [0.15, 0.2) is 18.2 Å². The van der Waals surface area contributed by atoms with Gasteiger partial charge < -0.3 is 15.4 Å². The van der Waals surface area contributed by atoms with E-state index < -0.39 is 4.92 Å². The lowest BCUT2D eigenvalue weighted by Crippen LogP contribution is -2.39. The summed E-state index contributed by atoms with van der Waals surface area (Å²) in [5.74, 6) is -0.322. The van der Waals surface area contributed by atoms with Crippen LogP contribution in [0.1, 0.15) is 30.6 Å². The molecule has 1 aromatic rings. The van der Waals surface area contributed by atoms with Gasteiger partial charge in [0.25, 0.3) is 11.6 Å². The van der Waals surface area contributed by atoms with E-state index in [0.717, 1.165) is 6.42 Å². The van der Waals surface area contributed by atoms with Gasteiger partial charge in [-0.05, 0) is 26.3 Å². The standard InChI is InChI=1S/C14H19N3O4/c1-3-15-13-5-4-10(17(19)20)8-11(13)14(18)16-12-6-7-21-9(12)2/h4-5,8-9,12,15H,3,6-7H2,1-2H3,(H,16,18). The summed E-state index contributed by atoms with van der Waals surface area (Å²) in [4.78, 5) is 22.8. The molecule has 7 nitrogen and oxygen atoms in total. The number of anilines is 1. The highest BCUT2D eigenvalue weighted by atomic mass is 16.6. The number of hydrogen-bond acceptors (Lipinski definition) is 5. The normalized spacial score (nSPS) is 21.0. The van der Waals surface area contributed by atoms with Gasteiger partial charge in [0, 0.05) is 31.0 Å². The summed E-state index contributed by atoms with van der Waals surface area (Å²) in [6.07, 6.45) is 0.702. The molecule has 0 spiro atoms. The largest absolute Gasteiger partial charge is 0.385 e. The number of non-ortho nitro benzene ring substituents is 1. The number of benzene rings is 1. The van der Waals surface area contributed by atoms with Crippen LogP contribution < -0.4 is 10.6 Å². The highest BCUT2D eigenvalue weighted by Gasteiger charge is 2.27. The third-order valence-electron chi connectivity index (χ3n) is 3.52. The van der Waals surface area contributed by atoms with Gasteiger partial charge in [-0.1, -0.05) is 0 Å². The first-order chi connectivity index (χ1) is 10.0. The summed E-state index contributed by atoms with van der Waals surface area (Å²) in [7, 11) is 0. The fraction of sp³-hybridized carbons (Fsp3) is 0.500. The maximum atomic E-state index is 12.4. The van der Waals surface area contributed by atoms with Crippen molar-refractivity contribution in [3.8, 4) is 0 Å². The Bertz CT molecular complexity index is 547. The lowest BCUT2D eigenvalue weighted by molar-refractivity contribution is -0.384. The van der Waals surface area contributed by atoms with Gasteiger partial charge in [-0.2, -0.15) is 0 Å². The molecule has 1 aromatic carbocycles. The Hall–Kier alpha value is -2.15. The van der Waals surface area contributed by atoms with E-state index in [0.29, 0.717) is 18.8 Å². The average Bonchev–Trinajstić information content (AvgIpc) is 2.84. The van der Waals surface area contributed by atoms with Gasteiger partial charge in [-0.15, -0.1) is 0 Å². The number of carbonyl (C=O) groups is 1. The molecule has 0 radical (unpaired) electrons. The van der Waals surface area contributed by atoms with Crippen molar-refractivity contribution >= 4 is 17.3 Å². The highest BCUT2D eigenvalue weighted by molar-refractivity contribution is 6.00. The van der Waals surface area contributed by atoms with Crippen molar-refractivity contribution in [2.24, 2.45) is 0 Å². The first-order valence-corrected chi connectivity index (χ1v) is 6.97. The van der Waals surface area contributed by atoms with Gasteiger partial charge in [0.2, 0.25) is 0 Å². The minimum absolute atomic E-state index is 0.0461. The lowest BCUT2D eigenvalue weighted by atomic mass is 10.1. The van der Waals surface area contributed by atoms with Crippen molar-refractivity contribution < 1.29 is 14.5 Å². The molecule has 0 bridgehead atoms. The van der Waals surface area contributed by atoms with Crippen molar-refractivity contribution in [2.75, 3.05) is 18.5 Å². The lowest BCUT2D eigenvalue weighted by Gasteiger charge is -2.17. The molecular weight excluding hydrogens is 274 g/mol. The summed E-state index contributed by atoms with van der Waals surface area (Å²) in [5, 5.41) is 16.8. The third-order valence-corrected chi connectivity index (χ3v) is 3.52. The van der Waals surface area contributed by atoms with Gasteiger partial charge in [0.15, 0.2) is 0 Å². The molecule has 0 aliphatic carbocycles. The van der Waals surface area contributed by atoms with Crippen LogP contribution in [0.3, 0.4) is 0 Å². The quantitative estimate of drug-likeness (QED) is 0.639. The molecule has 0 aromatic heterocycles. The maximum absolute atomic E-state index is 12.4. The Morgan fingerprint density at radius 2 is 2.29 bits per heavy atom. The van der Waals surface area contributed by atoms with E-state index in [1.165, 1.54) is 12.1 Å². The number of nitrogens with zero attached hydrogens (tertiary/aromatic N) is 1. The van der Waals surface area contributed by atoms with Gasteiger partial charge in [-0.25, -0.2) is 0 Å². The summed E-state index contributed by atoms with van der Waals surface area (Å²) >= 11 is 0.